The van der Waals surface area contributed by atoms with E-state index >= 15 is 0 Å². The molecule has 0 aromatic heterocycles. The molecule has 0 aliphatic rings. The molecule has 2 nitrogen and oxygen atoms in total. The van der Waals surface area contributed by atoms with Crippen molar-refractivity contribution in [2.24, 2.45) is 0 Å². The number of sulfone groups is 1. The number of hydrogen-bond donors (Lipinski definition) is 0. The van der Waals surface area contributed by atoms with E-state index in [1.54, 1.807) is 55.5 Å². The molecule has 0 spiro atoms. The molecule has 0 atom stereocenters. The molecule has 0 N–H and O–H groups in total. The van der Waals surface area contributed by atoms with Gasteiger partial charge in [0.1, 0.15) is 0 Å². The van der Waals surface area contributed by atoms with Gasteiger partial charge in [0, 0.05) is 9.94 Å². The van der Waals surface area contributed by atoms with Crippen LogP contribution in [0.3, 0.4) is 0 Å². The van der Waals surface area contributed by atoms with E-state index in [9.17, 15) is 8.42 Å². The van der Waals surface area contributed by atoms with Crippen LogP contribution in [0.4, 0.5) is 0 Å². The maximum absolute atomic E-state index is 12.2. The highest BCUT2D eigenvalue weighted by molar-refractivity contribution is 7.95. The van der Waals surface area contributed by atoms with Gasteiger partial charge in [-0.1, -0.05) is 48.5 Å². The molecule has 100 valence electrons. The fourth-order valence-electron chi connectivity index (χ4n) is 1.29. The highest BCUT2D eigenvalue weighted by Gasteiger charge is 2.15. The van der Waals surface area contributed by atoms with Crippen molar-refractivity contribution in [2.75, 3.05) is 0 Å². The number of hydrogen-bond acceptors (Lipinski definition) is 2. The Balaban J connectivity index is 3.03. The minimum absolute atomic E-state index is 0.240. The number of benzene rings is 1. The molecule has 1 rings (SSSR count). The highest BCUT2D eigenvalue weighted by Crippen LogP contribution is 2.18. The van der Waals surface area contributed by atoms with Crippen LogP contribution in [0.5, 0.6) is 0 Å². The Bertz CT molecular complexity index is 623. The molecule has 0 saturated carbocycles. The highest BCUT2D eigenvalue weighted by atomic mass is 35.5. The molecule has 0 saturated heterocycles. The molecule has 0 aliphatic heterocycles. The lowest BCUT2D eigenvalue weighted by Crippen LogP contribution is -2.01. The Hall–Kier alpha value is -1.58. The maximum Gasteiger partial charge on any atom is 0.202 e. The first-order chi connectivity index (χ1) is 8.98. The Morgan fingerprint density at radius 1 is 1.21 bits per heavy atom. The summed E-state index contributed by atoms with van der Waals surface area (Å²) in [6, 6.07) is 8.28. The van der Waals surface area contributed by atoms with Crippen LogP contribution in [0.2, 0.25) is 0 Å². The predicted molar refractivity (Wildman–Crippen MR) is 80.7 cm³/mol. The van der Waals surface area contributed by atoms with E-state index in [1.807, 2.05) is 0 Å². The summed E-state index contributed by atoms with van der Waals surface area (Å²) in [5, 5.41) is 0.433. The minimum Gasteiger partial charge on any atom is -0.219 e. The monoisotopic (exact) mass is 294 g/mol. The molecule has 1 aromatic carbocycles. The van der Waals surface area contributed by atoms with Crippen LogP contribution in [-0.4, -0.2) is 8.42 Å². The second kappa shape index (κ2) is 7.12. The molecule has 0 aliphatic carbocycles. The van der Waals surface area contributed by atoms with Crippen LogP contribution in [0.25, 0.3) is 0 Å². The molecule has 0 bridgehead atoms. The summed E-state index contributed by atoms with van der Waals surface area (Å²) in [5.74, 6) is 0. The van der Waals surface area contributed by atoms with Crippen molar-refractivity contribution in [2.45, 2.75) is 11.8 Å². The third-order valence-corrected chi connectivity index (χ3v) is 4.47. The van der Waals surface area contributed by atoms with Crippen molar-refractivity contribution in [1.29, 1.82) is 0 Å². The third-order valence-electron chi connectivity index (χ3n) is 2.35. The van der Waals surface area contributed by atoms with Gasteiger partial charge in [0.05, 0.1) is 4.90 Å². The van der Waals surface area contributed by atoms with Gasteiger partial charge in [0.25, 0.3) is 0 Å². The first kappa shape index (κ1) is 15.5. The van der Waals surface area contributed by atoms with Crippen LogP contribution in [0.15, 0.2) is 82.1 Å². The van der Waals surface area contributed by atoms with E-state index in [2.05, 4.69) is 6.58 Å². The summed E-state index contributed by atoms with van der Waals surface area (Å²) in [6.45, 7) is 5.06. The van der Waals surface area contributed by atoms with Gasteiger partial charge in [-0.3, -0.25) is 0 Å². The van der Waals surface area contributed by atoms with E-state index < -0.39 is 9.84 Å². The van der Waals surface area contributed by atoms with E-state index in [1.165, 1.54) is 12.2 Å². The first-order valence-corrected chi connectivity index (χ1v) is 7.48. The van der Waals surface area contributed by atoms with E-state index in [-0.39, 0.29) is 9.80 Å². The van der Waals surface area contributed by atoms with Crippen LogP contribution in [0.1, 0.15) is 6.92 Å². The zero-order chi connectivity index (χ0) is 14.3. The van der Waals surface area contributed by atoms with Crippen molar-refractivity contribution in [1.82, 2.24) is 0 Å². The van der Waals surface area contributed by atoms with Gasteiger partial charge in [-0.15, -0.1) is 0 Å². The smallest absolute Gasteiger partial charge is 0.202 e. The van der Waals surface area contributed by atoms with Gasteiger partial charge in [-0.2, -0.15) is 0 Å². The molecule has 1 aromatic rings. The quantitative estimate of drug-likeness (QED) is 0.762. The average molecular weight is 295 g/mol. The summed E-state index contributed by atoms with van der Waals surface area (Å²) in [6.07, 6.45) is 7.92. The lowest BCUT2D eigenvalue weighted by atomic mass is 10.4. The number of halogens is 1. The second-order valence-electron chi connectivity index (χ2n) is 3.74. The molecule has 0 radical (unpaired) electrons. The van der Waals surface area contributed by atoms with Gasteiger partial charge in [0.15, 0.2) is 0 Å². The number of rotatable bonds is 5. The maximum atomic E-state index is 12.2. The minimum atomic E-state index is -3.44. The zero-order valence-corrected chi connectivity index (χ0v) is 12.2. The summed E-state index contributed by atoms with van der Waals surface area (Å²) in [7, 11) is -3.44. The average Bonchev–Trinajstić information content (AvgIpc) is 2.43. The predicted octanol–water partition coefficient (Wildman–Crippen LogP) is 4.23. The van der Waals surface area contributed by atoms with Crippen LogP contribution >= 0.6 is 11.6 Å². The topological polar surface area (TPSA) is 34.1 Å². The standard InChI is InChI=1S/C15H15ClO2S/c1-3-4-8-14(16)12-11-13(2)19(17,18)15-9-6-5-7-10-15/h3-12H,1H2,2H3/b8-4+,13-11+,14-12-. The largest absolute Gasteiger partial charge is 0.219 e. The second-order valence-corrected chi connectivity index (χ2v) is 6.30. The Labute approximate surface area is 119 Å². The summed E-state index contributed by atoms with van der Waals surface area (Å²) in [4.78, 5) is 0.513. The van der Waals surface area contributed by atoms with E-state index in [0.717, 1.165) is 0 Å². The molecule has 0 amide bonds. The van der Waals surface area contributed by atoms with Gasteiger partial charge >= 0.3 is 0 Å². The van der Waals surface area contributed by atoms with Crippen molar-refractivity contribution in [3.05, 3.63) is 77.2 Å². The van der Waals surface area contributed by atoms with Gasteiger partial charge in [0.2, 0.25) is 9.84 Å². The summed E-state index contributed by atoms with van der Waals surface area (Å²) >= 11 is 5.89. The fourth-order valence-corrected chi connectivity index (χ4v) is 2.56. The third kappa shape index (κ3) is 4.54. The summed E-state index contributed by atoms with van der Waals surface area (Å²) in [5.41, 5.74) is 0. The van der Waals surface area contributed by atoms with Gasteiger partial charge in [-0.05, 0) is 37.3 Å². The molecular weight excluding hydrogens is 280 g/mol. The lowest BCUT2D eigenvalue weighted by molar-refractivity contribution is 0.602. The molecule has 4 heteroatoms. The molecule has 0 fully saturated rings. The lowest BCUT2D eigenvalue weighted by Gasteiger charge is -2.03. The van der Waals surface area contributed by atoms with Gasteiger partial charge < -0.3 is 0 Å². The van der Waals surface area contributed by atoms with E-state index in [4.69, 9.17) is 11.6 Å². The Morgan fingerprint density at radius 2 is 1.84 bits per heavy atom. The Kier molecular flexibility index (Phi) is 5.80. The Morgan fingerprint density at radius 3 is 2.42 bits per heavy atom. The normalized spacial score (nSPS) is 13.8. The van der Waals surface area contributed by atoms with Crippen LogP contribution in [0, 0.1) is 0 Å². The molecule has 0 unspecified atom stereocenters. The fraction of sp³-hybridized carbons (Fsp3) is 0.0667. The summed E-state index contributed by atoms with van der Waals surface area (Å²) < 4.78 is 24.4. The first-order valence-electron chi connectivity index (χ1n) is 5.62. The number of allylic oxidation sites excluding steroid dienone is 7. The zero-order valence-electron chi connectivity index (χ0n) is 10.6. The molecule has 0 heterocycles. The molecule has 19 heavy (non-hydrogen) atoms. The van der Waals surface area contributed by atoms with Crippen LogP contribution in [-0.2, 0) is 9.84 Å². The van der Waals surface area contributed by atoms with Crippen molar-refractivity contribution in [3.63, 3.8) is 0 Å². The van der Waals surface area contributed by atoms with Crippen molar-refractivity contribution < 1.29 is 8.42 Å². The molecular formula is C15H15ClO2S. The van der Waals surface area contributed by atoms with Crippen molar-refractivity contribution >= 4 is 21.4 Å². The van der Waals surface area contributed by atoms with Crippen molar-refractivity contribution in [3.8, 4) is 0 Å². The van der Waals surface area contributed by atoms with E-state index in [0.29, 0.717) is 5.03 Å². The van der Waals surface area contributed by atoms with Gasteiger partial charge in [-0.25, -0.2) is 8.42 Å². The van der Waals surface area contributed by atoms with Crippen LogP contribution < -0.4 is 0 Å². The SMILES string of the molecule is C=C/C=C/C(Cl)=C/C=C(\C)S(=O)(=O)c1ccccc1.